The van der Waals surface area contributed by atoms with E-state index >= 15 is 0 Å². The van der Waals surface area contributed by atoms with Crippen molar-refractivity contribution >= 4 is 9.24 Å². The topological polar surface area (TPSA) is 20.2 Å². The zero-order valence-electron chi connectivity index (χ0n) is 2.24. The summed E-state index contributed by atoms with van der Waals surface area (Å²) < 4.78 is 0. The van der Waals surface area contributed by atoms with E-state index in [0.717, 1.165) is 0 Å². The van der Waals surface area contributed by atoms with Gasteiger partial charge in [0.05, 0.1) is 0 Å². The summed E-state index contributed by atoms with van der Waals surface area (Å²) in [6.07, 6.45) is 0.278. The molecule has 28 valence electrons. The Labute approximate surface area is 34.0 Å². The van der Waals surface area contributed by atoms with Gasteiger partial charge in [0.1, 0.15) is 6.35 Å². The van der Waals surface area contributed by atoms with Crippen molar-refractivity contribution < 1.29 is 17.5 Å². The predicted octanol–water partition coefficient (Wildman–Crippen LogP) is -3.45. The fourth-order valence-corrected chi connectivity index (χ4v) is 0. The fourth-order valence-electron chi connectivity index (χ4n) is 0. The molecule has 0 aliphatic rings. The highest BCUT2D eigenvalue weighted by Crippen LogP contribution is 1.63. The van der Waals surface area contributed by atoms with Crippen LogP contribution in [-0.4, -0.2) is 11.5 Å². The first-order valence-electron chi connectivity index (χ1n) is 0.816. The molecule has 0 rings (SSSR count). The second-order valence-electron chi connectivity index (χ2n) is 0.224. The summed E-state index contributed by atoms with van der Waals surface area (Å²) in [6.45, 7) is 0. The van der Waals surface area contributed by atoms with Gasteiger partial charge in [0, 0.05) is 9.24 Å². The van der Waals surface area contributed by atoms with Crippen LogP contribution in [0.4, 0.5) is 0 Å². The van der Waals surface area contributed by atoms with Crippen LogP contribution in [0.2, 0.25) is 0 Å². The Balaban J connectivity index is 0. The molecule has 0 heterocycles. The highest BCUT2D eigenvalue weighted by atomic mass is 35.5. The van der Waals surface area contributed by atoms with Gasteiger partial charge in [-0.25, -0.2) is 0 Å². The Morgan fingerprint density at radius 1 is 1.75 bits per heavy atom. The van der Waals surface area contributed by atoms with Gasteiger partial charge in [-0.15, -0.1) is 0 Å². The molecule has 1 unspecified atom stereocenters. The van der Waals surface area contributed by atoms with E-state index in [-0.39, 0.29) is 18.8 Å². The third-order valence-corrected chi connectivity index (χ3v) is 0. The monoisotopic (exact) mass is 100.0 g/mol. The average Bonchev–Trinajstić information content (AvgIpc) is 0.918. The van der Waals surface area contributed by atoms with Gasteiger partial charge in [-0.05, 0) is 0 Å². The minimum absolute atomic E-state index is 0. The molecule has 0 saturated heterocycles. The van der Waals surface area contributed by atoms with E-state index < -0.39 is 0 Å². The number of hydrogen-bond acceptors (Lipinski definition) is 1. The molecule has 0 saturated carbocycles. The third-order valence-electron chi connectivity index (χ3n) is 0. The van der Waals surface area contributed by atoms with Crippen LogP contribution in [0, 0.1) is 0 Å². The van der Waals surface area contributed by atoms with Gasteiger partial charge < -0.3 is 17.5 Å². The van der Waals surface area contributed by atoms with E-state index in [1.165, 1.54) is 9.24 Å². The zero-order chi connectivity index (χ0) is 2.71. The van der Waals surface area contributed by atoms with Gasteiger partial charge in [0.15, 0.2) is 0 Å². The second kappa shape index (κ2) is 9.36. The van der Waals surface area contributed by atoms with E-state index in [1.807, 2.05) is 0 Å². The second-order valence-corrected chi connectivity index (χ2v) is 0.671. The van der Waals surface area contributed by atoms with E-state index in [4.69, 9.17) is 5.11 Å². The van der Waals surface area contributed by atoms with Gasteiger partial charge in [0.25, 0.3) is 0 Å². The summed E-state index contributed by atoms with van der Waals surface area (Å²) in [5, 5.41) is 7.58. The molecule has 0 amide bonds. The van der Waals surface area contributed by atoms with Crippen LogP contribution in [0.15, 0.2) is 0 Å². The summed E-state index contributed by atoms with van der Waals surface area (Å²) in [6, 6.07) is 0. The van der Waals surface area contributed by atoms with E-state index in [2.05, 4.69) is 0 Å². The third kappa shape index (κ3) is 16.4. The number of aliphatic hydroxyl groups excluding tert-OH is 1. The lowest BCUT2D eigenvalue weighted by atomic mass is 11.7. The maximum atomic E-state index is 7.58. The maximum Gasteiger partial charge on any atom is 0.147 e. The van der Waals surface area contributed by atoms with Crippen molar-refractivity contribution in [3.05, 3.63) is 0 Å². The van der Waals surface area contributed by atoms with Crippen molar-refractivity contribution in [3.8, 4) is 0 Å². The number of hydrogen-bond donors (Lipinski definition) is 1. The van der Waals surface area contributed by atoms with Crippen LogP contribution in [0.25, 0.3) is 0 Å². The minimum atomic E-state index is 0. The Kier molecular flexibility index (Phi) is 20.7. The van der Waals surface area contributed by atoms with Crippen molar-refractivity contribution in [2.24, 2.45) is 0 Å². The molecule has 1 N–H and O–H groups in total. The van der Waals surface area contributed by atoms with E-state index in [1.54, 1.807) is 0 Å². The fraction of sp³-hybridized carbons (Fsp3) is 1.00. The zero-order valence-corrected chi connectivity index (χ0v) is 4.41. The predicted molar refractivity (Wildman–Crippen MR) is 18.2 cm³/mol. The average molecular weight is 100 g/mol. The molecule has 1 atom stereocenters. The summed E-state index contributed by atoms with van der Waals surface area (Å²) >= 11 is 0. The molecule has 4 heavy (non-hydrogen) atoms. The van der Waals surface area contributed by atoms with Gasteiger partial charge in [0.2, 0.25) is 0 Å². The minimum Gasteiger partial charge on any atom is -1.00 e. The molecular weight excluding hydrogens is 94.4 g/mol. The van der Waals surface area contributed by atoms with Gasteiger partial charge in [-0.2, -0.15) is 0 Å². The highest BCUT2D eigenvalue weighted by Gasteiger charge is 1.42. The maximum absolute atomic E-state index is 7.58. The van der Waals surface area contributed by atoms with Crippen molar-refractivity contribution in [1.29, 1.82) is 0 Å². The Morgan fingerprint density at radius 3 is 1.75 bits per heavy atom. The molecule has 3 heteroatoms. The Bertz CT molecular complexity index is 8.00. The smallest absolute Gasteiger partial charge is 0.147 e. The van der Waals surface area contributed by atoms with Gasteiger partial charge in [-0.1, -0.05) is 0 Å². The van der Waals surface area contributed by atoms with Gasteiger partial charge >= 0.3 is 0 Å². The molecule has 0 aromatic rings. The van der Waals surface area contributed by atoms with E-state index in [9.17, 15) is 0 Å². The lowest BCUT2D eigenvalue weighted by molar-refractivity contribution is -0.00000145. The Hall–Kier alpha value is 0.680. The van der Waals surface area contributed by atoms with E-state index in [0.29, 0.717) is 0 Å². The first-order valence-corrected chi connectivity index (χ1v) is 1.82. The number of rotatable bonds is 0. The molecule has 0 fully saturated rings. The van der Waals surface area contributed by atoms with Crippen LogP contribution >= 0.6 is 9.24 Å². The first kappa shape index (κ1) is 8.82. The summed E-state index contributed by atoms with van der Waals surface area (Å²) in [5.74, 6) is 0. The summed E-state index contributed by atoms with van der Waals surface area (Å²) in [7, 11) is 1.53. The van der Waals surface area contributed by atoms with Crippen molar-refractivity contribution in [2.75, 3.05) is 6.35 Å². The largest absolute Gasteiger partial charge is 1.00 e. The van der Waals surface area contributed by atoms with Crippen molar-refractivity contribution in [2.45, 2.75) is 0 Å². The Morgan fingerprint density at radius 2 is 1.75 bits per heavy atom. The summed E-state index contributed by atoms with van der Waals surface area (Å²) in [5.41, 5.74) is 0. The molecular formula is CH6ClOP. The molecule has 0 aromatic carbocycles. The molecule has 0 spiro atoms. The van der Waals surface area contributed by atoms with Crippen LogP contribution in [-0.2, 0) is 0 Å². The highest BCUT2D eigenvalue weighted by molar-refractivity contribution is 7.16. The number of halogens is 1. The molecule has 0 radical (unpaired) electrons. The van der Waals surface area contributed by atoms with Crippen molar-refractivity contribution in [1.82, 2.24) is 0 Å². The summed E-state index contributed by atoms with van der Waals surface area (Å²) in [4.78, 5) is 0. The normalized spacial score (nSPS) is 5.25. The van der Waals surface area contributed by atoms with Crippen LogP contribution in [0.1, 0.15) is 0 Å². The SMILES string of the molecule is OC[PH3+].[Cl-]. The lowest BCUT2D eigenvalue weighted by Gasteiger charge is -1.45. The lowest BCUT2D eigenvalue weighted by Crippen LogP contribution is -3.00. The van der Waals surface area contributed by atoms with Crippen LogP contribution in [0.3, 0.4) is 0 Å². The molecule has 0 aliphatic heterocycles. The molecule has 1 nitrogen and oxygen atoms in total. The quantitative estimate of drug-likeness (QED) is 0.314. The number of aliphatic hydroxyl groups is 1. The van der Waals surface area contributed by atoms with Gasteiger partial charge in [-0.3, -0.25) is 0 Å². The van der Waals surface area contributed by atoms with Crippen LogP contribution < -0.4 is 12.4 Å². The first-order chi connectivity index (χ1) is 1.41. The molecule has 0 aromatic heterocycles. The standard InChI is InChI=1S/CH5OP.ClH/c2-1-3;/h2H,1,3H2;1H. The molecule has 0 aliphatic carbocycles. The van der Waals surface area contributed by atoms with Crippen LogP contribution in [0.5, 0.6) is 0 Å². The molecule has 0 bridgehead atoms. The van der Waals surface area contributed by atoms with Crippen molar-refractivity contribution in [3.63, 3.8) is 0 Å².